The van der Waals surface area contributed by atoms with Gasteiger partial charge in [-0.05, 0) is 42.0 Å². The first kappa shape index (κ1) is 12.4. The second-order valence-electron chi connectivity index (χ2n) is 4.96. The molecule has 0 spiro atoms. The Balaban J connectivity index is 1.87. The van der Waals surface area contributed by atoms with E-state index in [0.29, 0.717) is 5.56 Å². The minimum atomic E-state index is 0.646. The van der Waals surface area contributed by atoms with Crippen molar-refractivity contribution >= 4 is 11.0 Å². The number of fused-ring (bicyclic) bond motifs is 1. The smallest absolute Gasteiger partial charge is 0.100 e. The largest absolute Gasteiger partial charge is 0.299 e. The van der Waals surface area contributed by atoms with Crippen molar-refractivity contribution in [1.82, 2.24) is 19.7 Å². The summed E-state index contributed by atoms with van der Waals surface area (Å²) in [6.45, 7) is 0. The van der Waals surface area contributed by atoms with Gasteiger partial charge in [0.2, 0.25) is 0 Å². The lowest BCUT2D eigenvalue weighted by Gasteiger charge is -2.05. The van der Waals surface area contributed by atoms with Crippen molar-refractivity contribution in [3.05, 3.63) is 66.7 Å². The third-order valence-corrected chi connectivity index (χ3v) is 3.65. The van der Waals surface area contributed by atoms with Crippen LogP contribution in [0.5, 0.6) is 0 Å². The number of hydrogen-bond donors (Lipinski definition) is 1. The molecule has 0 aliphatic heterocycles. The van der Waals surface area contributed by atoms with Crippen molar-refractivity contribution < 1.29 is 0 Å². The number of H-pyrrole nitrogens is 1. The average Bonchev–Trinajstić information content (AvgIpc) is 3.24. The Morgan fingerprint density at radius 3 is 2.64 bits per heavy atom. The number of aromatic nitrogens is 4. The fourth-order valence-electron chi connectivity index (χ4n) is 2.50. The fourth-order valence-corrected chi connectivity index (χ4v) is 2.50. The Morgan fingerprint density at radius 2 is 1.91 bits per heavy atom. The highest BCUT2D eigenvalue weighted by Gasteiger charge is 2.07. The van der Waals surface area contributed by atoms with Gasteiger partial charge in [0.25, 0.3) is 0 Å². The maximum absolute atomic E-state index is 8.89. The van der Waals surface area contributed by atoms with Crippen LogP contribution in [-0.4, -0.2) is 19.7 Å². The number of imidazole rings is 1. The minimum absolute atomic E-state index is 0.646. The molecule has 0 aliphatic rings. The number of rotatable bonds is 2. The number of hydrogen-bond acceptors (Lipinski definition) is 3. The number of aromatic amines is 1. The van der Waals surface area contributed by atoms with Crippen molar-refractivity contribution in [2.24, 2.45) is 0 Å². The molecule has 0 aliphatic carbocycles. The predicted molar refractivity (Wildman–Crippen MR) is 83.4 cm³/mol. The van der Waals surface area contributed by atoms with Gasteiger partial charge in [-0.1, -0.05) is 6.07 Å². The zero-order chi connectivity index (χ0) is 14.9. The summed E-state index contributed by atoms with van der Waals surface area (Å²) in [5, 5.41) is 15.7. The van der Waals surface area contributed by atoms with Gasteiger partial charge in [-0.25, -0.2) is 4.98 Å². The van der Waals surface area contributed by atoms with Crippen molar-refractivity contribution in [3.8, 4) is 22.9 Å². The first-order valence-electron chi connectivity index (χ1n) is 6.82. The van der Waals surface area contributed by atoms with Crippen LogP contribution in [0.25, 0.3) is 27.8 Å². The van der Waals surface area contributed by atoms with Crippen molar-refractivity contribution in [2.75, 3.05) is 0 Å². The summed E-state index contributed by atoms with van der Waals surface area (Å²) in [4.78, 5) is 4.43. The Kier molecular flexibility index (Phi) is 2.73. The lowest BCUT2D eigenvalue weighted by molar-refractivity contribution is 1.09. The standard InChI is InChI=1S/C17H11N5/c18-8-12-1-4-15(5-2-12)22-11-19-16-6-3-13(7-17(16)22)14-9-20-21-10-14/h1-7,9-11H,(H,20,21). The maximum atomic E-state index is 8.89. The number of benzene rings is 2. The van der Waals surface area contributed by atoms with E-state index >= 15 is 0 Å². The second-order valence-corrected chi connectivity index (χ2v) is 4.96. The number of nitrogens with zero attached hydrogens (tertiary/aromatic N) is 4. The molecule has 0 atom stereocenters. The molecule has 4 aromatic rings. The van der Waals surface area contributed by atoms with Crippen molar-refractivity contribution in [2.45, 2.75) is 0 Å². The van der Waals surface area contributed by atoms with Gasteiger partial charge in [-0.15, -0.1) is 0 Å². The van der Waals surface area contributed by atoms with Gasteiger partial charge < -0.3 is 0 Å². The average molecular weight is 285 g/mol. The summed E-state index contributed by atoms with van der Waals surface area (Å²) in [6.07, 6.45) is 5.46. The van der Waals surface area contributed by atoms with Crippen molar-refractivity contribution in [3.63, 3.8) is 0 Å². The maximum Gasteiger partial charge on any atom is 0.100 e. The van der Waals surface area contributed by atoms with Gasteiger partial charge in [0.1, 0.15) is 6.33 Å². The fraction of sp³-hybridized carbons (Fsp3) is 0. The molecular weight excluding hydrogens is 274 g/mol. The molecule has 1 N–H and O–H groups in total. The van der Waals surface area contributed by atoms with E-state index in [0.717, 1.165) is 27.8 Å². The van der Waals surface area contributed by atoms with Crippen LogP contribution in [0.3, 0.4) is 0 Å². The van der Waals surface area contributed by atoms with Crippen LogP contribution in [0.4, 0.5) is 0 Å². The summed E-state index contributed by atoms with van der Waals surface area (Å²) in [7, 11) is 0. The first-order chi connectivity index (χ1) is 10.8. The highest BCUT2D eigenvalue weighted by molar-refractivity contribution is 5.83. The molecule has 2 aromatic heterocycles. The molecule has 0 saturated carbocycles. The van der Waals surface area contributed by atoms with E-state index in [1.54, 1.807) is 24.7 Å². The molecule has 104 valence electrons. The Bertz CT molecular complexity index is 972. The SMILES string of the molecule is N#Cc1ccc(-n2cnc3ccc(-c4cn[nH]c4)cc32)cc1. The number of nitrogens with one attached hydrogen (secondary N) is 1. The summed E-state index contributed by atoms with van der Waals surface area (Å²) in [5.41, 5.74) is 5.68. The van der Waals surface area contributed by atoms with E-state index in [2.05, 4.69) is 27.3 Å². The van der Waals surface area contributed by atoms with E-state index in [-0.39, 0.29) is 0 Å². The summed E-state index contributed by atoms with van der Waals surface area (Å²) in [5.74, 6) is 0. The molecule has 0 fully saturated rings. The van der Waals surface area contributed by atoms with E-state index in [1.807, 2.05) is 35.0 Å². The molecule has 5 heteroatoms. The quantitative estimate of drug-likeness (QED) is 0.614. The van der Waals surface area contributed by atoms with Crippen LogP contribution in [0, 0.1) is 11.3 Å². The molecule has 0 bridgehead atoms. The van der Waals surface area contributed by atoms with E-state index in [4.69, 9.17) is 5.26 Å². The molecule has 2 heterocycles. The Hall–Kier alpha value is -3.39. The summed E-state index contributed by atoms with van der Waals surface area (Å²) in [6, 6.07) is 15.7. The van der Waals surface area contributed by atoms with Crippen LogP contribution < -0.4 is 0 Å². The van der Waals surface area contributed by atoms with Gasteiger partial charge >= 0.3 is 0 Å². The zero-order valence-corrected chi connectivity index (χ0v) is 11.6. The van der Waals surface area contributed by atoms with E-state index < -0.39 is 0 Å². The van der Waals surface area contributed by atoms with Crippen LogP contribution in [0.1, 0.15) is 5.56 Å². The summed E-state index contributed by atoms with van der Waals surface area (Å²) >= 11 is 0. The predicted octanol–water partition coefficient (Wildman–Crippen LogP) is 3.29. The second kappa shape index (κ2) is 4.86. The lowest BCUT2D eigenvalue weighted by Crippen LogP contribution is -1.92. The van der Waals surface area contributed by atoms with Crippen LogP contribution in [-0.2, 0) is 0 Å². The third kappa shape index (κ3) is 1.95. The Morgan fingerprint density at radius 1 is 1.05 bits per heavy atom. The molecule has 0 saturated heterocycles. The van der Waals surface area contributed by atoms with E-state index in [1.165, 1.54) is 0 Å². The monoisotopic (exact) mass is 285 g/mol. The zero-order valence-electron chi connectivity index (χ0n) is 11.6. The molecule has 2 aromatic carbocycles. The van der Waals surface area contributed by atoms with E-state index in [9.17, 15) is 0 Å². The third-order valence-electron chi connectivity index (χ3n) is 3.65. The summed E-state index contributed by atoms with van der Waals surface area (Å²) < 4.78 is 2.01. The Labute approximate surface area is 126 Å². The topological polar surface area (TPSA) is 70.3 Å². The van der Waals surface area contributed by atoms with Crippen molar-refractivity contribution in [1.29, 1.82) is 5.26 Å². The van der Waals surface area contributed by atoms with Crippen LogP contribution in [0.15, 0.2) is 61.2 Å². The van der Waals surface area contributed by atoms with Crippen LogP contribution in [0.2, 0.25) is 0 Å². The molecule has 4 rings (SSSR count). The molecular formula is C17H11N5. The molecule has 0 unspecified atom stereocenters. The highest BCUT2D eigenvalue weighted by atomic mass is 15.1. The van der Waals surface area contributed by atoms with Gasteiger partial charge in [0.05, 0.1) is 28.9 Å². The van der Waals surface area contributed by atoms with Gasteiger partial charge in [-0.3, -0.25) is 9.67 Å². The lowest BCUT2D eigenvalue weighted by atomic mass is 10.1. The van der Waals surface area contributed by atoms with Gasteiger partial charge in [-0.2, -0.15) is 10.4 Å². The molecule has 0 radical (unpaired) electrons. The normalized spacial score (nSPS) is 10.7. The molecule has 0 amide bonds. The number of nitriles is 1. The highest BCUT2D eigenvalue weighted by Crippen LogP contribution is 2.25. The van der Waals surface area contributed by atoms with Crippen LogP contribution >= 0.6 is 0 Å². The molecule has 5 nitrogen and oxygen atoms in total. The van der Waals surface area contributed by atoms with Gasteiger partial charge in [0, 0.05) is 17.4 Å². The first-order valence-corrected chi connectivity index (χ1v) is 6.82. The molecule has 22 heavy (non-hydrogen) atoms. The van der Waals surface area contributed by atoms with Gasteiger partial charge in [0.15, 0.2) is 0 Å². The minimum Gasteiger partial charge on any atom is -0.299 e.